The molecule has 0 saturated heterocycles. The number of hydrogen-bond acceptors (Lipinski definition) is 1. The van der Waals surface area contributed by atoms with E-state index >= 15 is 0 Å². The van der Waals surface area contributed by atoms with Gasteiger partial charge in [-0.2, -0.15) is 0 Å². The first-order chi connectivity index (χ1) is 13.8. The van der Waals surface area contributed by atoms with Crippen molar-refractivity contribution in [2.24, 2.45) is 0 Å². The van der Waals surface area contributed by atoms with Gasteiger partial charge >= 0.3 is 0 Å². The lowest BCUT2D eigenvalue weighted by Crippen LogP contribution is -1.94. The smallest absolute Gasteiger partial charge is 0.119 e. The molecular formula is C27H30O. The molecular weight excluding hydrogens is 340 g/mol. The van der Waals surface area contributed by atoms with Gasteiger partial charge in [-0.25, -0.2) is 0 Å². The van der Waals surface area contributed by atoms with Crippen LogP contribution in [0.5, 0.6) is 5.75 Å². The average molecular weight is 371 g/mol. The quantitative estimate of drug-likeness (QED) is 0.302. The number of ether oxygens (including phenoxy) is 1. The Balaban J connectivity index is 1.67. The Morgan fingerprint density at radius 3 is 2.18 bits per heavy atom. The molecule has 0 atom stereocenters. The molecule has 0 aliphatic rings. The Hall–Kier alpha value is -2.72. The van der Waals surface area contributed by atoms with E-state index in [0.29, 0.717) is 0 Å². The van der Waals surface area contributed by atoms with Crippen molar-refractivity contribution >= 4 is 10.8 Å². The molecule has 0 spiro atoms. The Labute approximate surface area is 169 Å². The van der Waals surface area contributed by atoms with E-state index < -0.39 is 0 Å². The van der Waals surface area contributed by atoms with Crippen LogP contribution in [-0.4, -0.2) is 6.61 Å². The summed E-state index contributed by atoms with van der Waals surface area (Å²) in [5, 5.41) is 2.56. The van der Waals surface area contributed by atoms with Crippen LogP contribution in [0.25, 0.3) is 10.8 Å². The summed E-state index contributed by atoms with van der Waals surface area (Å²) >= 11 is 0. The van der Waals surface area contributed by atoms with E-state index in [1.807, 2.05) is 24.3 Å². The highest BCUT2D eigenvalue weighted by molar-refractivity contribution is 5.84. The van der Waals surface area contributed by atoms with Crippen molar-refractivity contribution < 1.29 is 4.74 Å². The largest absolute Gasteiger partial charge is 0.494 e. The number of hydrogen-bond donors (Lipinski definition) is 0. The molecule has 0 unspecified atom stereocenters. The van der Waals surface area contributed by atoms with Crippen LogP contribution in [-0.2, 0) is 6.42 Å². The Bertz CT molecular complexity index is 941. The molecule has 0 radical (unpaired) electrons. The first kappa shape index (κ1) is 20.0. The molecule has 1 nitrogen and oxygen atoms in total. The van der Waals surface area contributed by atoms with Crippen LogP contribution in [0.15, 0.2) is 60.7 Å². The molecule has 0 aromatic heterocycles. The summed E-state index contributed by atoms with van der Waals surface area (Å²) in [6.45, 7) is 5.12. The molecule has 0 N–H and O–H groups in total. The van der Waals surface area contributed by atoms with E-state index in [-0.39, 0.29) is 0 Å². The van der Waals surface area contributed by atoms with Crippen molar-refractivity contribution in [1.82, 2.24) is 0 Å². The molecule has 144 valence electrons. The molecule has 3 aromatic rings. The molecule has 0 fully saturated rings. The highest BCUT2D eigenvalue weighted by Crippen LogP contribution is 2.19. The summed E-state index contributed by atoms with van der Waals surface area (Å²) in [7, 11) is 0. The van der Waals surface area contributed by atoms with Crippen LogP contribution in [0.4, 0.5) is 0 Å². The van der Waals surface area contributed by atoms with Crippen LogP contribution < -0.4 is 4.74 Å². The van der Waals surface area contributed by atoms with Gasteiger partial charge in [0.15, 0.2) is 0 Å². The standard InChI is InChI=1S/C27H30O/c1-3-5-6-7-8-23-11-15-26-21-24(12-16-25(26)20-23)10-9-22-13-17-27(18-14-22)28-19-4-2/h11-18,20-21H,3-8,19H2,1-2H3. The lowest BCUT2D eigenvalue weighted by atomic mass is 10.0. The zero-order valence-corrected chi connectivity index (χ0v) is 17.1. The maximum Gasteiger partial charge on any atom is 0.119 e. The highest BCUT2D eigenvalue weighted by Gasteiger charge is 1.99. The Morgan fingerprint density at radius 2 is 1.39 bits per heavy atom. The second-order valence-electron chi connectivity index (χ2n) is 7.33. The predicted octanol–water partition coefficient (Wildman–Crippen LogP) is 7.15. The zero-order valence-electron chi connectivity index (χ0n) is 17.1. The van der Waals surface area contributed by atoms with E-state index in [1.165, 1.54) is 48.4 Å². The number of aryl methyl sites for hydroxylation is 1. The van der Waals surface area contributed by atoms with Gasteiger partial charge in [0, 0.05) is 11.1 Å². The monoisotopic (exact) mass is 370 g/mol. The van der Waals surface area contributed by atoms with E-state index in [0.717, 1.165) is 29.9 Å². The molecule has 3 rings (SSSR count). The minimum absolute atomic E-state index is 0.753. The fourth-order valence-electron chi connectivity index (χ4n) is 3.28. The predicted molar refractivity (Wildman–Crippen MR) is 120 cm³/mol. The maximum atomic E-state index is 5.62. The Morgan fingerprint density at radius 1 is 0.679 bits per heavy atom. The number of benzene rings is 3. The molecule has 3 aromatic carbocycles. The third-order valence-corrected chi connectivity index (χ3v) is 4.90. The van der Waals surface area contributed by atoms with E-state index in [2.05, 4.69) is 62.1 Å². The van der Waals surface area contributed by atoms with Crippen LogP contribution in [0.1, 0.15) is 62.6 Å². The van der Waals surface area contributed by atoms with Gasteiger partial charge in [0.1, 0.15) is 5.75 Å². The third-order valence-electron chi connectivity index (χ3n) is 4.90. The summed E-state index contributed by atoms with van der Waals surface area (Å²) in [5.41, 5.74) is 3.49. The van der Waals surface area contributed by atoms with E-state index in [4.69, 9.17) is 4.74 Å². The maximum absolute atomic E-state index is 5.62. The van der Waals surface area contributed by atoms with Gasteiger partial charge in [0.2, 0.25) is 0 Å². The SMILES string of the molecule is CCCCCCc1ccc2cc(C#Cc3ccc(OCCC)cc3)ccc2c1. The molecule has 28 heavy (non-hydrogen) atoms. The lowest BCUT2D eigenvalue weighted by Gasteiger charge is -2.05. The fourth-order valence-corrected chi connectivity index (χ4v) is 3.28. The topological polar surface area (TPSA) is 9.23 Å². The molecule has 0 aliphatic heterocycles. The van der Waals surface area contributed by atoms with Gasteiger partial charge in [-0.1, -0.05) is 69.2 Å². The summed E-state index contributed by atoms with van der Waals surface area (Å²) < 4.78 is 5.62. The molecule has 0 amide bonds. The minimum atomic E-state index is 0.753. The van der Waals surface area contributed by atoms with Crippen LogP contribution in [0, 0.1) is 11.8 Å². The van der Waals surface area contributed by atoms with Crippen molar-refractivity contribution in [3.8, 4) is 17.6 Å². The van der Waals surface area contributed by atoms with Crippen molar-refractivity contribution in [3.05, 3.63) is 77.4 Å². The number of fused-ring (bicyclic) bond motifs is 1. The fraction of sp³-hybridized carbons (Fsp3) is 0.333. The average Bonchev–Trinajstić information content (AvgIpc) is 2.74. The zero-order chi connectivity index (χ0) is 19.6. The third kappa shape index (κ3) is 5.89. The second-order valence-corrected chi connectivity index (χ2v) is 7.33. The summed E-state index contributed by atoms with van der Waals surface area (Å²) in [5.74, 6) is 7.45. The molecule has 0 heterocycles. The van der Waals surface area contributed by atoms with E-state index in [9.17, 15) is 0 Å². The van der Waals surface area contributed by atoms with Crippen molar-refractivity contribution in [3.63, 3.8) is 0 Å². The van der Waals surface area contributed by atoms with Crippen LogP contribution in [0.3, 0.4) is 0 Å². The number of rotatable bonds is 8. The summed E-state index contributed by atoms with van der Waals surface area (Å²) in [6.07, 6.45) is 7.43. The second kappa shape index (κ2) is 10.6. The Kier molecular flexibility index (Phi) is 7.56. The van der Waals surface area contributed by atoms with Crippen molar-refractivity contribution in [2.75, 3.05) is 6.61 Å². The van der Waals surface area contributed by atoms with Crippen LogP contribution in [0.2, 0.25) is 0 Å². The molecule has 0 aliphatic carbocycles. The van der Waals surface area contributed by atoms with Gasteiger partial charge < -0.3 is 4.74 Å². The summed E-state index contributed by atoms with van der Waals surface area (Å²) in [6, 6.07) is 21.3. The van der Waals surface area contributed by atoms with Gasteiger partial charge in [0.05, 0.1) is 6.61 Å². The lowest BCUT2D eigenvalue weighted by molar-refractivity contribution is 0.317. The van der Waals surface area contributed by atoms with E-state index in [1.54, 1.807) is 0 Å². The first-order valence-corrected chi connectivity index (χ1v) is 10.6. The first-order valence-electron chi connectivity index (χ1n) is 10.6. The minimum Gasteiger partial charge on any atom is -0.494 e. The van der Waals surface area contributed by atoms with Gasteiger partial charge in [-0.15, -0.1) is 0 Å². The van der Waals surface area contributed by atoms with Crippen LogP contribution >= 0.6 is 0 Å². The van der Waals surface area contributed by atoms with Gasteiger partial charge in [-0.3, -0.25) is 0 Å². The normalized spacial score (nSPS) is 10.5. The molecule has 1 heteroatoms. The van der Waals surface area contributed by atoms with Gasteiger partial charge in [-0.05, 0) is 72.0 Å². The summed E-state index contributed by atoms with van der Waals surface area (Å²) in [4.78, 5) is 0. The van der Waals surface area contributed by atoms with Crippen molar-refractivity contribution in [2.45, 2.75) is 52.4 Å². The number of unbranched alkanes of at least 4 members (excludes halogenated alkanes) is 3. The molecule has 0 saturated carbocycles. The highest BCUT2D eigenvalue weighted by atomic mass is 16.5. The van der Waals surface area contributed by atoms with Crippen molar-refractivity contribution in [1.29, 1.82) is 0 Å². The van der Waals surface area contributed by atoms with Gasteiger partial charge in [0.25, 0.3) is 0 Å². The molecule has 0 bridgehead atoms.